The number of esters is 1. The summed E-state index contributed by atoms with van der Waals surface area (Å²) in [5.41, 5.74) is 6.20. The van der Waals surface area contributed by atoms with Gasteiger partial charge in [-0.1, -0.05) is 82.3 Å². The number of hydrogen-bond donors (Lipinski definition) is 1. The molecule has 3 atom stereocenters. The summed E-state index contributed by atoms with van der Waals surface area (Å²) in [6.45, 7) is 8.69. The van der Waals surface area contributed by atoms with Gasteiger partial charge in [0.05, 0.1) is 11.6 Å². The van der Waals surface area contributed by atoms with E-state index in [0.29, 0.717) is 17.0 Å². The number of hydrogen-bond acceptors (Lipinski definition) is 6. The summed E-state index contributed by atoms with van der Waals surface area (Å²) < 4.78 is 5.77. The van der Waals surface area contributed by atoms with Gasteiger partial charge in [0.25, 0.3) is 0 Å². The molecule has 3 unspecified atom stereocenters. The normalized spacial score (nSPS) is 13.3. The number of benzene rings is 3. The van der Waals surface area contributed by atoms with Gasteiger partial charge in [0, 0.05) is 17.8 Å². The summed E-state index contributed by atoms with van der Waals surface area (Å²) in [6.07, 6.45) is 4.38. The number of fused-ring (bicyclic) bond motifs is 1. The number of carbonyl (C=O) groups excluding carboxylic acids is 1. The molecule has 3 aromatic carbocycles. The van der Waals surface area contributed by atoms with Crippen molar-refractivity contribution in [2.75, 3.05) is 0 Å². The van der Waals surface area contributed by atoms with Crippen LogP contribution in [0.5, 0.6) is 5.75 Å². The number of nitrogens with zero attached hydrogens (tertiary/aromatic N) is 3. The van der Waals surface area contributed by atoms with E-state index in [1.165, 1.54) is 5.56 Å². The molecule has 6 heteroatoms. The van der Waals surface area contributed by atoms with E-state index in [1.54, 1.807) is 24.4 Å². The summed E-state index contributed by atoms with van der Waals surface area (Å²) in [5.74, 6) is -0.177. The maximum atomic E-state index is 13.5. The Morgan fingerprint density at radius 3 is 2.41 bits per heavy atom. The van der Waals surface area contributed by atoms with E-state index in [1.807, 2.05) is 54.7 Å². The van der Waals surface area contributed by atoms with Crippen molar-refractivity contribution in [2.45, 2.75) is 64.4 Å². The maximum absolute atomic E-state index is 13.5. The van der Waals surface area contributed by atoms with Crippen molar-refractivity contribution in [3.63, 3.8) is 0 Å². The lowest BCUT2D eigenvalue weighted by molar-refractivity contribution is 0.0466. The van der Waals surface area contributed by atoms with Gasteiger partial charge in [0.1, 0.15) is 23.6 Å². The predicted molar refractivity (Wildman–Crippen MR) is 173 cm³/mol. The Morgan fingerprint density at radius 1 is 0.909 bits per heavy atom. The number of aromatic nitrogens is 2. The maximum Gasteiger partial charge on any atom is 0.357 e. The van der Waals surface area contributed by atoms with Crippen molar-refractivity contribution in [3.05, 3.63) is 136 Å². The van der Waals surface area contributed by atoms with E-state index >= 15 is 0 Å². The first-order valence-corrected chi connectivity index (χ1v) is 15.0. The van der Waals surface area contributed by atoms with Crippen LogP contribution in [0.4, 0.5) is 0 Å². The zero-order valence-electron chi connectivity index (χ0n) is 25.6. The molecular weight excluding hydrogens is 546 g/mol. The number of phenols is 1. The molecule has 2 heterocycles. The van der Waals surface area contributed by atoms with Gasteiger partial charge in [-0.25, -0.2) is 9.78 Å². The van der Waals surface area contributed by atoms with Gasteiger partial charge in [-0.15, -0.1) is 0 Å². The van der Waals surface area contributed by atoms with Crippen LogP contribution in [0, 0.1) is 11.3 Å². The lowest BCUT2D eigenvalue weighted by Crippen LogP contribution is -2.15. The van der Waals surface area contributed by atoms with Gasteiger partial charge >= 0.3 is 5.97 Å². The Kier molecular flexibility index (Phi) is 9.35. The first-order valence-electron chi connectivity index (χ1n) is 15.0. The van der Waals surface area contributed by atoms with Gasteiger partial charge in [-0.05, 0) is 88.2 Å². The molecule has 0 radical (unpaired) electrons. The SMILES string of the molecule is CC(C)c1cccc(COC(=O)c2cc(C(CC(C)c3cccnc3)C(C)c3cccc(C#N)c3)c3cccc(O)c3n2)c1. The molecule has 5 aromatic rings. The molecule has 0 aliphatic carbocycles. The third-order valence-electron chi connectivity index (χ3n) is 8.45. The molecule has 44 heavy (non-hydrogen) atoms. The second-order valence-corrected chi connectivity index (χ2v) is 11.8. The van der Waals surface area contributed by atoms with Crippen LogP contribution in [-0.2, 0) is 11.3 Å². The molecular formula is C38H37N3O3. The van der Waals surface area contributed by atoms with Gasteiger partial charge in [0.2, 0.25) is 0 Å². The quantitative estimate of drug-likeness (QED) is 0.165. The number of rotatable bonds is 10. The minimum atomic E-state index is -0.551. The first-order chi connectivity index (χ1) is 21.2. The molecule has 0 saturated heterocycles. The summed E-state index contributed by atoms with van der Waals surface area (Å²) in [4.78, 5) is 22.4. The van der Waals surface area contributed by atoms with E-state index in [9.17, 15) is 15.2 Å². The van der Waals surface area contributed by atoms with Crippen molar-refractivity contribution in [3.8, 4) is 11.8 Å². The first kappa shape index (κ1) is 30.4. The molecule has 1 N–H and O–H groups in total. The van der Waals surface area contributed by atoms with Crippen LogP contribution in [0.15, 0.2) is 97.3 Å². The van der Waals surface area contributed by atoms with E-state index in [2.05, 4.69) is 61.9 Å². The number of phenolic OH excluding ortho intramolecular Hbond substituents is 1. The highest BCUT2D eigenvalue weighted by atomic mass is 16.5. The molecule has 0 aliphatic rings. The van der Waals surface area contributed by atoms with Crippen LogP contribution < -0.4 is 0 Å². The smallest absolute Gasteiger partial charge is 0.357 e. The molecule has 0 aliphatic heterocycles. The summed E-state index contributed by atoms with van der Waals surface area (Å²) in [5, 5.41) is 21.3. The van der Waals surface area contributed by atoms with E-state index in [-0.39, 0.29) is 35.8 Å². The van der Waals surface area contributed by atoms with E-state index in [0.717, 1.165) is 34.1 Å². The number of ether oxygens (including phenoxy) is 1. The number of nitriles is 1. The van der Waals surface area contributed by atoms with E-state index in [4.69, 9.17) is 4.74 Å². The zero-order chi connectivity index (χ0) is 31.2. The predicted octanol–water partition coefficient (Wildman–Crippen LogP) is 8.77. The van der Waals surface area contributed by atoms with Gasteiger partial charge in [-0.2, -0.15) is 5.26 Å². The van der Waals surface area contributed by atoms with Crippen molar-refractivity contribution in [1.82, 2.24) is 9.97 Å². The highest BCUT2D eigenvalue weighted by Crippen LogP contribution is 2.43. The zero-order valence-corrected chi connectivity index (χ0v) is 25.6. The fourth-order valence-electron chi connectivity index (χ4n) is 5.84. The molecule has 0 saturated carbocycles. The third kappa shape index (κ3) is 6.79. The summed E-state index contributed by atoms with van der Waals surface area (Å²) in [6, 6.07) is 29.1. The number of para-hydroxylation sites is 1. The molecule has 0 fully saturated rings. The van der Waals surface area contributed by atoms with Crippen LogP contribution in [0.25, 0.3) is 10.9 Å². The topological polar surface area (TPSA) is 96.1 Å². The van der Waals surface area contributed by atoms with Crippen molar-refractivity contribution in [2.24, 2.45) is 0 Å². The second kappa shape index (κ2) is 13.5. The lowest BCUT2D eigenvalue weighted by Gasteiger charge is -2.29. The Labute approximate surface area is 259 Å². The monoisotopic (exact) mass is 583 g/mol. The Morgan fingerprint density at radius 2 is 1.66 bits per heavy atom. The van der Waals surface area contributed by atoms with Crippen LogP contribution >= 0.6 is 0 Å². The standard InChI is InChI=1S/C38H37N3O3/c1-24(2)29-11-6-10-28(19-29)23-44-38(43)35-20-34(32-14-7-15-36(42)37(32)41-35)33(17-25(3)31-13-8-16-40-22-31)26(4)30-12-5-9-27(18-30)21-39/h5-16,18-20,22,24-26,33,42H,17,23H2,1-4H3. The number of pyridine rings is 2. The number of carbonyl (C=O) groups is 1. The Bertz CT molecular complexity index is 1810. The largest absolute Gasteiger partial charge is 0.506 e. The number of aromatic hydroxyl groups is 1. The van der Waals surface area contributed by atoms with Crippen molar-refractivity contribution < 1.29 is 14.6 Å². The van der Waals surface area contributed by atoms with Crippen LogP contribution in [0.1, 0.15) is 102 Å². The molecule has 2 aromatic heterocycles. The van der Waals surface area contributed by atoms with Crippen LogP contribution in [0.3, 0.4) is 0 Å². The van der Waals surface area contributed by atoms with Crippen LogP contribution in [-0.4, -0.2) is 21.0 Å². The molecule has 0 bridgehead atoms. The molecule has 6 nitrogen and oxygen atoms in total. The Balaban J connectivity index is 1.57. The summed E-state index contributed by atoms with van der Waals surface area (Å²) in [7, 11) is 0. The van der Waals surface area contributed by atoms with Gasteiger partial charge < -0.3 is 9.84 Å². The highest BCUT2D eigenvalue weighted by Gasteiger charge is 2.28. The molecule has 222 valence electrons. The highest BCUT2D eigenvalue weighted by molar-refractivity contribution is 5.95. The third-order valence-corrected chi connectivity index (χ3v) is 8.45. The van der Waals surface area contributed by atoms with E-state index < -0.39 is 5.97 Å². The lowest BCUT2D eigenvalue weighted by atomic mass is 9.75. The molecule has 0 amide bonds. The fraction of sp³-hybridized carbons (Fsp3) is 0.263. The summed E-state index contributed by atoms with van der Waals surface area (Å²) >= 11 is 0. The average Bonchev–Trinajstić information content (AvgIpc) is 3.06. The van der Waals surface area contributed by atoms with Crippen LogP contribution in [0.2, 0.25) is 0 Å². The van der Waals surface area contributed by atoms with Gasteiger partial charge in [0.15, 0.2) is 0 Å². The van der Waals surface area contributed by atoms with Crippen molar-refractivity contribution in [1.29, 1.82) is 5.26 Å². The van der Waals surface area contributed by atoms with Gasteiger partial charge in [-0.3, -0.25) is 4.98 Å². The second-order valence-electron chi connectivity index (χ2n) is 11.8. The molecule has 0 spiro atoms. The fourth-order valence-corrected chi connectivity index (χ4v) is 5.84. The molecule has 5 rings (SSSR count). The van der Waals surface area contributed by atoms with Crippen molar-refractivity contribution >= 4 is 16.9 Å². The Hall–Kier alpha value is -5.02. The minimum Gasteiger partial charge on any atom is -0.506 e. The average molecular weight is 584 g/mol. The minimum absolute atomic E-state index is 0.00113.